The maximum Gasteiger partial charge on any atom is 0.0682 e. The zero-order chi connectivity index (χ0) is 10.6. The standard InChI is InChI=1S/C10H23N3O/c1-11-4-5-13-8-10(14)6-9(13)7-12(2)3/h9-11,14H,4-8H2,1-3H3. The van der Waals surface area contributed by atoms with E-state index in [-0.39, 0.29) is 6.10 Å². The monoisotopic (exact) mass is 201 g/mol. The first-order chi connectivity index (χ1) is 6.63. The molecule has 0 radical (unpaired) electrons. The van der Waals surface area contributed by atoms with Crippen molar-refractivity contribution in [2.75, 3.05) is 47.3 Å². The van der Waals surface area contributed by atoms with Gasteiger partial charge in [-0.25, -0.2) is 0 Å². The molecule has 1 fully saturated rings. The Morgan fingerprint density at radius 3 is 2.79 bits per heavy atom. The van der Waals surface area contributed by atoms with Gasteiger partial charge in [0.15, 0.2) is 0 Å². The van der Waals surface area contributed by atoms with Crippen molar-refractivity contribution in [1.82, 2.24) is 15.1 Å². The van der Waals surface area contributed by atoms with E-state index in [4.69, 9.17) is 0 Å². The summed E-state index contributed by atoms with van der Waals surface area (Å²) in [5, 5.41) is 12.7. The number of nitrogens with zero attached hydrogens (tertiary/aromatic N) is 2. The molecule has 0 aromatic carbocycles. The van der Waals surface area contributed by atoms with E-state index < -0.39 is 0 Å². The lowest BCUT2D eigenvalue weighted by Crippen LogP contribution is -2.40. The van der Waals surface area contributed by atoms with E-state index in [2.05, 4.69) is 29.2 Å². The van der Waals surface area contributed by atoms with Gasteiger partial charge >= 0.3 is 0 Å². The Morgan fingerprint density at radius 1 is 1.50 bits per heavy atom. The number of likely N-dealkylation sites (tertiary alicyclic amines) is 1. The molecule has 1 rings (SSSR count). The van der Waals surface area contributed by atoms with Crippen LogP contribution in [0.5, 0.6) is 0 Å². The summed E-state index contributed by atoms with van der Waals surface area (Å²) in [7, 11) is 6.13. The average molecular weight is 201 g/mol. The molecule has 0 bridgehead atoms. The molecule has 2 atom stereocenters. The lowest BCUT2D eigenvalue weighted by molar-refractivity contribution is 0.173. The van der Waals surface area contributed by atoms with Crippen molar-refractivity contribution in [2.24, 2.45) is 0 Å². The molecule has 1 aliphatic rings. The molecule has 2 unspecified atom stereocenters. The van der Waals surface area contributed by atoms with Gasteiger partial charge < -0.3 is 15.3 Å². The number of nitrogens with one attached hydrogen (secondary N) is 1. The Labute approximate surface area is 86.9 Å². The third-order valence-corrected chi connectivity index (χ3v) is 2.73. The SMILES string of the molecule is CNCCN1CC(O)CC1CN(C)C. The van der Waals surface area contributed by atoms with Gasteiger partial charge in [0.1, 0.15) is 0 Å². The normalized spacial score (nSPS) is 28.9. The molecule has 0 aliphatic carbocycles. The summed E-state index contributed by atoms with van der Waals surface area (Å²) in [5.41, 5.74) is 0. The first-order valence-corrected chi connectivity index (χ1v) is 5.35. The largest absolute Gasteiger partial charge is 0.392 e. The lowest BCUT2D eigenvalue weighted by Gasteiger charge is -2.26. The minimum atomic E-state index is -0.128. The number of hydrogen-bond donors (Lipinski definition) is 2. The Bertz CT molecular complexity index is 163. The van der Waals surface area contributed by atoms with Gasteiger partial charge in [0.2, 0.25) is 0 Å². The summed E-state index contributed by atoms with van der Waals surface area (Å²) in [6, 6.07) is 0.522. The maximum atomic E-state index is 9.60. The quantitative estimate of drug-likeness (QED) is 0.611. The summed E-state index contributed by atoms with van der Waals surface area (Å²) in [6.45, 7) is 3.91. The third-order valence-electron chi connectivity index (χ3n) is 2.73. The molecule has 0 aromatic rings. The second-order valence-electron chi connectivity index (χ2n) is 4.40. The highest BCUT2D eigenvalue weighted by molar-refractivity contribution is 4.86. The summed E-state index contributed by atoms with van der Waals surface area (Å²) >= 11 is 0. The van der Waals surface area contributed by atoms with Gasteiger partial charge in [-0.3, -0.25) is 4.90 Å². The van der Waals surface area contributed by atoms with Crippen molar-refractivity contribution < 1.29 is 5.11 Å². The second-order valence-corrected chi connectivity index (χ2v) is 4.40. The topological polar surface area (TPSA) is 38.7 Å². The van der Waals surface area contributed by atoms with Gasteiger partial charge in [-0.15, -0.1) is 0 Å². The Hall–Kier alpha value is -0.160. The van der Waals surface area contributed by atoms with Crippen molar-refractivity contribution in [3.63, 3.8) is 0 Å². The zero-order valence-electron chi connectivity index (χ0n) is 9.53. The first kappa shape index (κ1) is 11.9. The van der Waals surface area contributed by atoms with E-state index in [1.54, 1.807) is 0 Å². The Morgan fingerprint density at radius 2 is 2.21 bits per heavy atom. The number of likely N-dealkylation sites (N-methyl/N-ethyl adjacent to an activating group) is 2. The average Bonchev–Trinajstić information content (AvgIpc) is 2.41. The van der Waals surface area contributed by atoms with Crippen LogP contribution in [0.1, 0.15) is 6.42 Å². The van der Waals surface area contributed by atoms with Crippen LogP contribution in [0.3, 0.4) is 0 Å². The minimum absolute atomic E-state index is 0.128. The molecule has 1 saturated heterocycles. The second kappa shape index (κ2) is 5.66. The number of aliphatic hydroxyl groups excluding tert-OH is 1. The molecule has 4 heteroatoms. The minimum Gasteiger partial charge on any atom is -0.392 e. The van der Waals surface area contributed by atoms with E-state index in [9.17, 15) is 5.11 Å². The summed E-state index contributed by atoms with van der Waals surface area (Å²) in [5.74, 6) is 0. The molecule has 0 spiro atoms. The molecule has 0 amide bonds. The smallest absolute Gasteiger partial charge is 0.0682 e. The van der Waals surface area contributed by atoms with Crippen LogP contribution in [0, 0.1) is 0 Å². The first-order valence-electron chi connectivity index (χ1n) is 5.35. The van der Waals surface area contributed by atoms with Crippen molar-refractivity contribution in [1.29, 1.82) is 0 Å². The zero-order valence-corrected chi connectivity index (χ0v) is 9.53. The van der Waals surface area contributed by atoms with Crippen molar-refractivity contribution in [3.05, 3.63) is 0 Å². The molecule has 0 aromatic heterocycles. The van der Waals surface area contributed by atoms with Crippen LogP contribution in [-0.2, 0) is 0 Å². The fraction of sp³-hybridized carbons (Fsp3) is 1.00. The van der Waals surface area contributed by atoms with Crippen molar-refractivity contribution in [2.45, 2.75) is 18.6 Å². The summed E-state index contributed by atoms with van der Waals surface area (Å²) in [4.78, 5) is 4.57. The highest BCUT2D eigenvalue weighted by atomic mass is 16.3. The molecule has 84 valence electrons. The predicted molar refractivity (Wildman–Crippen MR) is 58.5 cm³/mol. The van der Waals surface area contributed by atoms with Gasteiger partial charge in [-0.1, -0.05) is 0 Å². The molecule has 0 saturated carbocycles. The van der Waals surface area contributed by atoms with Crippen molar-refractivity contribution >= 4 is 0 Å². The van der Waals surface area contributed by atoms with E-state index >= 15 is 0 Å². The molecular weight excluding hydrogens is 178 g/mol. The molecule has 4 nitrogen and oxygen atoms in total. The van der Waals surface area contributed by atoms with Crippen LogP contribution in [0.25, 0.3) is 0 Å². The van der Waals surface area contributed by atoms with Crippen LogP contribution < -0.4 is 5.32 Å². The molecule has 1 heterocycles. The number of rotatable bonds is 5. The highest BCUT2D eigenvalue weighted by Gasteiger charge is 2.30. The predicted octanol–water partition coefficient (Wildman–Crippen LogP) is -0.797. The lowest BCUT2D eigenvalue weighted by atomic mass is 10.2. The van der Waals surface area contributed by atoms with E-state index in [1.807, 2.05) is 7.05 Å². The number of aliphatic hydroxyl groups is 1. The van der Waals surface area contributed by atoms with Gasteiger partial charge in [0, 0.05) is 32.2 Å². The molecular formula is C10H23N3O. The van der Waals surface area contributed by atoms with Crippen LogP contribution in [0.4, 0.5) is 0 Å². The summed E-state index contributed by atoms with van der Waals surface area (Å²) < 4.78 is 0. The molecule has 2 N–H and O–H groups in total. The number of hydrogen-bond acceptors (Lipinski definition) is 4. The number of β-amino-alcohol motifs (C(OH)–C–C–N with tert-alkyl or cyclic N) is 1. The molecule has 1 aliphatic heterocycles. The summed E-state index contributed by atoms with van der Waals surface area (Å²) in [6.07, 6.45) is 0.791. The van der Waals surface area contributed by atoms with E-state index in [0.29, 0.717) is 6.04 Å². The Balaban J connectivity index is 2.37. The third kappa shape index (κ3) is 3.53. The fourth-order valence-electron chi connectivity index (χ4n) is 2.10. The van der Waals surface area contributed by atoms with Gasteiger partial charge in [-0.05, 0) is 27.6 Å². The van der Waals surface area contributed by atoms with Gasteiger partial charge in [0.25, 0.3) is 0 Å². The van der Waals surface area contributed by atoms with Crippen LogP contribution in [0.15, 0.2) is 0 Å². The molecule has 14 heavy (non-hydrogen) atoms. The van der Waals surface area contributed by atoms with Gasteiger partial charge in [-0.2, -0.15) is 0 Å². The van der Waals surface area contributed by atoms with Gasteiger partial charge in [0.05, 0.1) is 6.10 Å². The van der Waals surface area contributed by atoms with Crippen LogP contribution in [-0.4, -0.2) is 74.4 Å². The fourth-order valence-corrected chi connectivity index (χ4v) is 2.10. The van der Waals surface area contributed by atoms with Crippen molar-refractivity contribution in [3.8, 4) is 0 Å². The van der Waals surface area contributed by atoms with E-state index in [1.165, 1.54) is 0 Å². The van der Waals surface area contributed by atoms with Crippen LogP contribution >= 0.6 is 0 Å². The maximum absolute atomic E-state index is 9.60. The van der Waals surface area contributed by atoms with E-state index in [0.717, 1.165) is 32.6 Å². The Kier molecular flexibility index (Phi) is 4.81. The van der Waals surface area contributed by atoms with Crippen LogP contribution in [0.2, 0.25) is 0 Å². The highest BCUT2D eigenvalue weighted by Crippen LogP contribution is 2.17.